The summed E-state index contributed by atoms with van der Waals surface area (Å²) in [6.07, 6.45) is 11.2. The zero-order valence-electron chi connectivity index (χ0n) is 20.9. The predicted octanol–water partition coefficient (Wildman–Crippen LogP) is 3.63. The number of hydrogen-bond acceptors (Lipinski definition) is 5. The highest BCUT2D eigenvalue weighted by molar-refractivity contribution is 5.35. The number of benzene rings is 1. The van der Waals surface area contributed by atoms with Crippen LogP contribution in [0.1, 0.15) is 63.4 Å². The molecule has 4 rings (SSSR count). The van der Waals surface area contributed by atoms with E-state index >= 15 is 0 Å². The van der Waals surface area contributed by atoms with Gasteiger partial charge in [0, 0.05) is 24.3 Å². The van der Waals surface area contributed by atoms with Gasteiger partial charge in [-0.3, -0.25) is 9.78 Å². The van der Waals surface area contributed by atoms with Crippen molar-refractivity contribution in [1.29, 1.82) is 0 Å². The summed E-state index contributed by atoms with van der Waals surface area (Å²) in [5.41, 5.74) is 0.281. The number of likely N-dealkylation sites (tertiary alicyclic amines) is 1. The number of hydrogen-bond donors (Lipinski definition) is 2. The van der Waals surface area contributed by atoms with Gasteiger partial charge in [0.05, 0.1) is 6.61 Å². The molecular weight excluding hydrogens is 447 g/mol. The normalized spacial score (nSPS) is 18.0. The number of aryl methyl sites for hydroxylation is 1. The van der Waals surface area contributed by atoms with Gasteiger partial charge in [0.2, 0.25) is 0 Å². The molecule has 192 valence electrons. The van der Waals surface area contributed by atoms with E-state index in [0.29, 0.717) is 24.8 Å². The van der Waals surface area contributed by atoms with Crippen molar-refractivity contribution in [3.05, 3.63) is 62.7 Å². The van der Waals surface area contributed by atoms with E-state index in [-0.39, 0.29) is 22.6 Å². The first-order valence-corrected chi connectivity index (χ1v) is 13.1. The second kappa shape index (κ2) is 12.0. The molecule has 1 aromatic heterocycles. The minimum Gasteiger partial charge on any atom is -0.490 e. The summed E-state index contributed by atoms with van der Waals surface area (Å²) < 4.78 is 21.8. The fraction of sp³-hybridized carbons (Fsp3) is 0.630. The van der Waals surface area contributed by atoms with Gasteiger partial charge < -0.3 is 19.5 Å². The Labute approximate surface area is 206 Å². The number of ether oxygens (including phenoxy) is 1. The van der Waals surface area contributed by atoms with Crippen LogP contribution in [-0.4, -0.2) is 47.7 Å². The van der Waals surface area contributed by atoms with Crippen molar-refractivity contribution in [2.24, 2.45) is 5.92 Å². The maximum absolute atomic E-state index is 14.4. The van der Waals surface area contributed by atoms with E-state index in [4.69, 9.17) is 4.74 Å². The lowest BCUT2D eigenvalue weighted by Crippen LogP contribution is -2.50. The van der Waals surface area contributed by atoms with Crippen molar-refractivity contribution in [3.8, 4) is 5.75 Å². The first-order chi connectivity index (χ1) is 16.9. The van der Waals surface area contributed by atoms with Gasteiger partial charge in [-0.2, -0.15) is 0 Å². The van der Waals surface area contributed by atoms with Gasteiger partial charge in [-0.1, -0.05) is 25.3 Å². The van der Waals surface area contributed by atoms with Crippen LogP contribution in [0.5, 0.6) is 5.75 Å². The monoisotopic (exact) mass is 486 g/mol. The molecule has 0 radical (unpaired) electrons. The van der Waals surface area contributed by atoms with Gasteiger partial charge in [-0.15, -0.1) is 0 Å². The number of H-pyrrole nitrogens is 1. The van der Waals surface area contributed by atoms with E-state index in [9.17, 15) is 14.0 Å². The number of aromatic nitrogens is 2. The number of halogens is 1. The highest BCUT2D eigenvalue weighted by atomic mass is 19.1. The van der Waals surface area contributed by atoms with Gasteiger partial charge in [-0.25, -0.2) is 9.18 Å². The topological polar surface area (TPSA) is 79.4 Å². The van der Waals surface area contributed by atoms with Gasteiger partial charge in [0.25, 0.3) is 5.56 Å². The summed E-state index contributed by atoms with van der Waals surface area (Å²) in [6.45, 7) is 4.17. The molecule has 2 aliphatic rings. The van der Waals surface area contributed by atoms with Crippen molar-refractivity contribution < 1.29 is 9.13 Å². The van der Waals surface area contributed by atoms with Crippen molar-refractivity contribution in [3.63, 3.8) is 0 Å². The van der Waals surface area contributed by atoms with Crippen molar-refractivity contribution in [2.45, 2.75) is 69.9 Å². The molecule has 1 aromatic carbocycles. The third-order valence-corrected chi connectivity index (χ3v) is 7.43. The van der Waals surface area contributed by atoms with E-state index in [2.05, 4.69) is 22.2 Å². The van der Waals surface area contributed by atoms with Crippen molar-refractivity contribution in [1.82, 2.24) is 19.8 Å². The molecule has 1 aliphatic heterocycles. The Morgan fingerprint density at radius 2 is 1.83 bits per heavy atom. The molecule has 35 heavy (non-hydrogen) atoms. The molecule has 1 aliphatic carbocycles. The summed E-state index contributed by atoms with van der Waals surface area (Å²) in [6, 6.07) is 6.80. The lowest BCUT2D eigenvalue weighted by molar-refractivity contribution is 0.155. The summed E-state index contributed by atoms with van der Waals surface area (Å²) in [5, 5.41) is 3.84. The summed E-state index contributed by atoms with van der Waals surface area (Å²) in [7, 11) is 2.15. The number of piperidine rings is 1. The average molecular weight is 487 g/mol. The molecule has 0 unspecified atom stereocenters. The lowest BCUT2D eigenvalue weighted by Gasteiger charge is -2.42. The van der Waals surface area contributed by atoms with E-state index in [1.165, 1.54) is 18.9 Å². The SMILES string of the molecule is CN1CCC(NCCCCCCCn2ccc(=O)[nH]c2=O)(c2ccc(F)c(OCC3CC3)c2)CC1. The van der Waals surface area contributed by atoms with Crippen LogP contribution in [0.3, 0.4) is 0 Å². The molecule has 2 N–H and O–H groups in total. The molecule has 2 fully saturated rings. The molecule has 2 heterocycles. The Bertz CT molecular complexity index is 1070. The van der Waals surface area contributed by atoms with Crippen LogP contribution in [0.4, 0.5) is 4.39 Å². The molecule has 1 saturated heterocycles. The number of rotatable bonds is 13. The van der Waals surface area contributed by atoms with Crippen LogP contribution < -0.4 is 21.3 Å². The molecule has 1 saturated carbocycles. The number of nitrogens with zero attached hydrogens (tertiary/aromatic N) is 2. The van der Waals surface area contributed by atoms with Crippen molar-refractivity contribution >= 4 is 0 Å². The van der Waals surface area contributed by atoms with Crippen LogP contribution in [0.2, 0.25) is 0 Å². The van der Waals surface area contributed by atoms with Crippen LogP contribution >= 0.6 is 0 Å². The molecule has 0 atom stereocenters. The Morgan fingerprint density at radius 3 is 2.57 bits per heavy atom. The van der Waals surface area contributed by atoms with E-state index in [0.717, 1.165) is 70.1 Å². The first-order valence-electron chi connectivity index (χ1n) is 13.1. The molecule has 7 nitrogen and oxygen atoms in total. The minimum atomic E-state index is -0.358. The fourth-order valence-electron chi connectivity index (χ4n) is 4.86. The molecule has 0 bridgehead atoms. The maximum atomic E-state index is 14.4. The van der Waals surface area contributed by atoms with Crippen LogP contribution in [0.15, 0.2) is 40.1 Å². The van der Waals surface area contributed by atoms with Gasteiger partial charge in [0.15, 0.2) is 11.6 Å². The Balaban J connectivity index is 1.25. The quantitative estimate of drug-likeness (QED) is 0.423. The van der Waals surface area contributed by atoms with E-state index < -0.39 is 0 Å². The summed E-state index contributed by atoms with van der Waals surface area (Å²) >= 11 is 0. The van der Waals surface area contributed by atoms with Crippen LogP contribution in [-0.2, 0) is 12.1 Å². The molecule has 0 spiro atoms. The summed E-state index contributed by atoms with van der Waals surface area (Å²) in [5.74, 6) is 0.698. The third kappa shape index (κ3) is 7.27. The van der Waals surface area contributed by atoms with Gasteiger partial charge >= 0.3 is 5.69 Å². The third-order valence-electron chi connectivity index (χ3n) is 7.43. The average Bonchev–Trinajstić information content (AvgIpc) is 3.67. The highest BCUT2D eigenvalue weighted by Gasteiger charge is 2.35. The molecule has 8 heteroatoms. The molecule has 2 aromatic rings. The number of unbranched alkanes of at least 4 members (excludes halogenated alkanes) is 4. The second-order valence-corrected chi connectivity index (χ2v) is 10.3. The van der Waals surface area contributed by atoms with E-state index in [1.807, 2.05) is 12.1 Å². The minimum absolute atomic E-state index is 0.150. The molecule has 0 amide bonds. The lowest BCUT2D eigenvalue weighted by atomic mass is 9.80. The Morgan fingerprint density at radius 1 is 1.09 bits per heavy atom. The maximum Gasteiger partial charge on any atom is 0.328 e. The highest BCUT2D eigenvalue weighted by Crippen LogP contribution is 2.36. The smallest absolute Gasteiger partial charge is 0.328 e. The number of nitrogens with one attached hydrogen (secondary N) is 2. The van der Waals surface area contributed by atoms with E-state index in [1.54, 1.807) is 16.8 Å². The van der Waals surface area contributed by atoms with Gasteiger partial charge in [-0.05, 0) is 88.8 Å². The number of aromatic amines is 1. The summed E-state index contributed by atoms with van der Waals surface area (Å²) in [4.78, 5) is 27.5. The first kappa shape index (κ1) is 25.6. The van der Waals surface area contributed by atoms with Crippen LogP contribution in [0.25, 0.3) is 0 Å². The Kier molecular flexibility index (Phi) is 8.78. The standard InChI is InChI=1S/C27H39FN4O3/c1-31-17-12-27(13-18-31,22-9-10-23(28)24(19-22)35-20-21-7-8-21)29-14-5-3-2-4-6-15-32-16-11-25(33)30-26(32)34/h9-11,16,19,21,29H,2-8,12-15,17-18,20H2,1H3,(H,30,33,34). The van der Waals surface area contributed by atoms with Crippen molar-refractivity contribution in [2.75, 3.05) is 33.3 Å². The van der Waals surface area contributed by atoms with Crippen LogP contribution in [0, 0.1) is 11.7 Å². The second-order valence-electron chi connectivity index (χ2n) is 10.3. The largest absolute Gasteiger partial charge is 0.490 e. The Hall–Kier alpha value is -2.45. The van der Waals surface area contributed by atoms with Gasteiger partial charge in [0.1, 0.15) is 0 Å². The zero-order valence-corrected chi connectivity index (χ0v) is 20.9. The zero-order chi connectivity index (χ0) is 24.7. The fourth-order valence-corrected chi connectivity index (χ4v) is 4.86. The predicted molar refractivity (Wildman–Crippen MR) is 135 cm³/mol. The molecular formula is C27H39FN4O3.